The Bertz CT molecular complexity index is 1070. The smallest absolute Gasteiger partial charge is 0.310 e. The van der Waals surface area contributed by atoms with E-state index in [4.69, 9.17) is 28.4 Å². The highest BCUT2D eigenvalue weighted by Crippen LogP contribution is 2.49. The zero-order valence-corrected chi connectivity index (χ0v) is 30.2. The van der Waals surface area contributed by atoms with Gasteiger partial charge in [-0.2, -0.15) is 0 Å². The van der Waals surface area contributed by atoms with Crippen LogP contribution in [0.15, 0.2) is 0 Å². The van der Waals surface area contributed by atoms with Crippen molar-refractivity contribution in [2.24, 2.45) is 52.8 Å². The molecular formula is C39H60O10. The Morgan fingerprint density at radius 1 is 0.531 bits per heavy atom. The van der Waals surface area contributed by atoms with Crippen molar-refractivity contribution in [2.45, 2.75) is 142 Å². The standard InChI is InChI=1S/C39H60O10/c1-23-5-15-31(33(17-23)35(40)46-21-29-19-44-29)37(42)48-27-11-7-25(8-12-27)39(3,4)26-9-13-28(14-10-26)49-38(43)32-16-6-24(2)18-34(32)36(41)47-22-30-20-45-30/h23-34H,5-22H2,1-4H3. The molecule has 0 aromatic heterocycles. The number of rotatable bonds is 12. The fourth-order valence-corrected chi connectivity index (χ4v) is 9.43. The third-order valence-corrected chi connectivity index (χ3v) is 13.1. The first-order valence-electron chi connectivity index (χ1n) is 19.4. The Balaban J connectivity index is 0.934. The van der Waals surface area contributed by atoms with Gasteiger partial charge in [0, 0.05) is 0 Å². The molecule has 276 valence electrons. The monoisotopic (exact) mass is 688 g/mol. The number of esters is 4. The molecule has 2 heterocycles. The fourth-order valence-electron chi connectivity index (χ4n) is 9.43. The summed E-state index contributed by atoms with van der Waals surface area (Å²) in [6, 6.07) is 0. The minimum Gasteiger partial charge on any atom is -0.463 e. The summed E-state index contributed by atoms with van der Waals surface area (Å²) in [6.07, 6.45) is 11.8. The lowest BCUT2D eigenvalue weighted by Gasteiger charge is -2.46. The Morgan fingerprint density at radius 3 is 1.24 bits per heavy atom. The summed E-state index contributed by atoms with van der Waals surface area (Å²) in [5, 5.41) is 0. The van der Waals surface area contributed by atoms with Crippen LogP contribution in [-0.2, 0) is 47.6 Å². The first-order valence-corrected chi connectivity index (χ1v) is 19.4. The second kappa shape index (κ2) is 16.0. The number of hydrogen-bond donors (Lipinski definition) is 0. The third-order valence-electron chi connectivity index (χ3n) is 13.1. The second-order valence-electron chi connectivity index (χ2n) is 17.1. The van der Waals surface area contributed by atoms with Crippen molar-refractivity contribution in [1.29, 1.82) is 0 Å². The van der Waals surface area contributed by atoms with Gasteiger partial charge in [0.25, 0.3) is 0 Å². The van der Waals surface area contributed by atoms with E-state index >= 15 is 0 Å². The molecule has 0 N–H and O–H groups in total. The molecular weight excluding hydrogens is 628 g/mol. The fraction of sp³-hybridized carbons (Fsp3) is 0.897. The van der Waals surface area contributed by atoms with Crippen LogP contribution in [0.25, 0.3) is 0 Å². The van der Waals surface area contributed by atoms with Crippen LogP contribution in [0.2, 0.25) is 0 Å². The van der Waals surface area contributed by atoms with Crippen LogP contribution in [0.5, 0.6) is 0 Å². The van der Waals surface area contributed by atoms with Crippen molar-refractivity contribution in [3.05, 3.63) is 0 Å². The molecule has 0 aromatic carbocycles. The van der Waals surface area contributed by atoms with Crippen molar-refractivity contribution in [3.8, 4) is 0 Å². The molecule has 0 aromatic rings. The van der Waals surface area contributed by atoms with Crippen LogP contribution in [0.4, 0.5) is 0 Å². The van der Waals surface area contributed by atoms with E-state index in [9.17, 15) is 19.2 Å². The maximum Gasteiger partial charge on any atom is 0.310 e. The lowest BCUT2D eigenvalue weighted by atomic mass is 9.60. The predicted octanol–water partition coefficient (Wildman–Crippen LogP) is 6.21. The van der Waals surface area contributed by atoms with Crippen molar-refractivity contribution in [2.75, 3.05) is 26.4 Å². The topological polar surface area (TPSA) is 130 Å². The van der Waals surface area contributed by atoms with Gasteiger partial charge in [0.15, 0.2) is 0 Å². The first kappa shape index (κ1) is 36.6. The van der Waals surface area contributed by atoms with Gasteiger partial charge in [-0.25, -0.2) is 0 Å². The number of epoxide rings is 2. The number of carbonyl (C=O) groups excluding carboxylic acids is 4. The minimum atomic E-state index is -0.434. The molecule has 0 spiro atoms. The Kier molecular flexibility index (Phi) is 11.9. The highest BCUT2D eigenvalue weighted by atomic mass is 16.6. The summed E-state index contributed by atoms with van der Waals surface area (Å²) in [5.74, 6) is -0.914. The minimum absolute atomic E-state index is 0.0114. The van der Waals surface area contributed by atoms with Crippen LogP contribution >= 0.6 is 0 Å². The Labute approximate surface area is 292 Å². The van der Waals surface area contributed by atoms with Crippen LogP contribution in [0.3, 0.4) is 0 Å². The molecule has 10 heteroatoms. The Hall–Kier alpha value is -2.20. The van der Waals surface area contributed by atoms with Crippen molar-refractivity contribution < 1.29 is 47.6 Å². The highest BCUT2D eigenvalue weighted by Gasteiger charge is 2.45. The summed E-state index contributed by atoms with van der Waals surface area (Å²) in [5.41, 5.74) is 0.128. The molecule has 6 rings (SSSR count). The van der Waals surface area contributed by atoms with Gasteiger partial charge in [-0.3, -0.25) is 19.2 Å². The average Bonchev–Trinajstić information content (AvgIpc) is 4.03. The molecule has 0 radical (unpaired) electrons. The number of hydrogen-bond acceptors (Lipinski definition) is 10. The molecule has 49 heavy (non-hydrogen) atoms. The van der Waals surface area contributed by atoms with Gasteiger partial charge < -0.3 is 28.4 Å². The normalized spacial score (nSPS) is 39.3. The maximum atomic E-state index is 13.4. The van der Waals surface area contributed by atoms with E-state index in [0.717, 1.165) is 64.2 Å². The van der Waals surface area contributed by atoms with Crippen molar-refractivity contribution in [3.63, 3.8) is 0 Å². The van der Waals surface area contributed by atoms with E-state index in [1.807, 2.05) is 0 Å². The van der Waals surface area contributed by atoms with E-state index in [1.54, 1.807) is 0 Å². The lowest BCUT2D eigenvalue weighted by Crippen LogP contribution is -2.42. The summed E-state index contributed by atoms with van der Waals surface area (Å²) >= 11 is 0. The summed E-state index contributed by atoms with van der Waals surface area (Å²) in [7, 11) is 0. The number of carbonyl (C=O) groups is 4. The molecule has 0 bridgehead atoms. The van der Waals surface area contributed by atoms with Gasteiger partial charge in [0.05, 0.1) is 36.9 Å². The SMILES string of the molecule is CC1CCC(C(=O)OC2CCC(C(C)(C)C3CCC(OC(=O)C4CCC(C)CC4C(=O)OCC4CO4)CC3)CC2)C(C(=O)OCC2CO2)C1. The van der Waals surface area contributed by atoms with E-state index in [1.165, 1.54) is 0 Å². The van der Waals surface area contributed by atoms with Gasteiger partial charge in [-0.1, -0.05) is 27.7 Å². The summed E-state index contributed by atoms with van der Waals surface area (Å²) in [6.45, 7) is 10.9. The second-order valence-corrected chi connectivity index (χ2v) is 17.1. The van der Waals surface area contributed by atoms with Crippen LogP contribution < -0.4 is 0 Å². The summed E-state index contributed by atoms with van der Waals surface area (Å²) in [4.78, 5) is 52.5. The van der Waals surface area contributed by atoms with Gasteiger partial charge in [-0.05, 0) is 119 Å². The molecule has 10 nitrogen and oxygen atoms in total. The van der Waals surface area contributed by atoms with E-state index in [2.05, 4.69) is 27.7 Å². The van der Waals surface area contributed by atoms with Crippen LogP contribution in [-0.4, -0.2) is 74.7 Å². The quantitative estimate of drug-likeness (QED) is 0.133. The zero-order valence-electron chi connectivity index (χ0n) is 30.2. The molecule has 2 saturated heterocycles. The summed E-state index contributed by atoms with van der Waals surface area (Å²) < 4.78 is 33.5. The molecule has 0 amide bonds. The first-order chi connectivity index (χ1) is 23.5. The molecule has 4 saturated carbocycles. The van der Waals surface area contributed by atoms with Crippen molar-refractivity contribution >= 4 is 23.9 Å². The zero-order chi connectivity index (χ0) is 34.7. The van der Waals surface area contributed by atoms with Crippen LogP contribution in [0, 0.1) is 52.8 Å². The van der Waals surface area contributed by atoms with E-state index in [0.29, 0.717) is 62.6 Å². The van der Waals surface area contributed by atoms with Gasteiger partial charge in [0.1, 0.15) is 37.6 Å². The van der Waals surface area contributed by atoms with Crippen molar-refractivity contribution in [1.82, 2.24) is 0 Å². The Morgan fingerprint density at radius 2 is 0.898 bits per heavy atom. The molecule has 6 fully saturated rings. The average molecular weight is 689 g/mol. The van der Waals surface area contributed by atoms with E-state index < -0.39 is 23.7 Å². The van der Waals surface area contributed by atoms with Crippen LogP contribution in [0.1, 0.15) is 118 Å². The molecule has 8 unspecified atom stereocenters. The van der Waals surface area contributed by atoms with E-state index in [-0.39, 0.29) is 66.9 Å². The lowest BCUT2D eigenvalue weighted by molar-refractivity contribution is -0.169. The molecule has 8 atom stereocenters. The highest BCUT2D eigenvalue weighted by molar-refractivity contribution is 5.83. The van der Waals surface area contributed by atoms with Gasteiger partial charge in [-0.15, -0.1) is 0 Å². The maximum absolute atomic E-state index is 13.4. The molecule has 4 aliphatic carbocycles. The van der Waals surface area contributed by atoms with Gasteiger partial charge in [0.2, 0.25) is 0 Å². The molecule has 6 aliphatic rings. The van der Waals surface area contributed by atoms with Gasteiger partial charge >= 0.3 is 23.9 Å². The number of ether oxygens (including phenoxy) is 6. The predicted molar refractivity (Wildman–Crippen MR) is 179 cm³/mol. The largest absolute Gasteiger partial charge is 0.463 e. The molecule has 2 aliphatic heterocycles. The third kappa shape index (κ3) is 9.57.